The molecule has 0 aliphatic carbocycles. The first-order valence-corrected chi connectivity index (χ1v) is 6.07. The molecule has 0 bridgehead atoms. The normalized spacial score (nSPS) is 10.9. The lowest BCUT2D eigenvalue weighted by molar-refractivity contribution is 0.852. The molecule has 0 amide bonds. The first-order valence-electron chi connectivity index (χ1n) is 6.07. The molecule has 2 rings (SSSR count). The molecule has 19 heavy (non-hydrogen) atoms. The van der Waals surface area contributed by atoms with E-state index < -0.39 is 0 Å². The van der Waals surface area contributed by atoms with Gasteiger partial charge in [0.1, 0.15) is 0 Å². The number of aromatic nitrogens is 3. The molecule has 100 valence electrons. The van der Waals surface area contributed by atoms with Gasteiger partial charge in [0.2, 0.25) is 17.5 Å². The standard InChI is InChI=1S/C13H18N6/c1-7(2)9-4-5-10(8(3)6-9)19-12(15)17-11(14)18-13(19)16/h4-7H,1-3H3,(H5,14,15,16,17,18). The summed E-state index contributed by atoms with van der Waals surface area (Å²) in [6.07, 6.45) is 0. The van der Waals surface area contributed by atoms with Crippen molar-refractivity contribution in [3.8, 4) is 5.69 Å². The summed E-state index contributed by atoms with van der Waals surface area (Å²) in [5.41, 5.74) is 14.6. The van der Waals surface area contributed by atoms with Crippen LogP contribution in [0.5, 0.6) is 0 Å². The molecule has 1 aromatic heterocycles. The maximum Gasteiger partial charge on any atom is 0.248 e. The van der Waals surface area contributed by atoms with Crippen LogP contribution < -0.4 is 17.1 Å². The molecule has 5 N–H and O–H groups in total. The number of nitrogens with one attached hydrogen (secondary N) is 1. The third kappa shape index (κ3) is 2.42. The molecular weight excluding hydrogens is 240 g/mol. The molecule has 0 aliphatic rings. The van der Waals surface area contributed by atoms with Gasteiger partial charge in [-0.3, -0.25) is 9.98 Å². The number of nitrogens with zero attached hydrogens (tertiary/aromatic N) is 3. The van der Waals surface area contributed by atoms with Gasteiger partial charge in [-0.25, -0.2) is 0 Å². The monoisotopic (exact) mass is 258 g/mol. The van der Waals surface area contributed by atoms with Gasteiger partial charge in [-0.15, -0.1) is 0 Å². The molecule has 0 radical (unpaired) electrons. The third-order valence-corrected chi connectivity index (χ3v) is 3.03. The lowest BCUT2D eigenvalue weighted by Crippen LogP contribution is -2.23. The van der Waals surface area contributed by atoms with Gasteiger partial charge >= 0.3 is 0 Å². The van der Waals surface area contributed by atoms with E-state index in [0.29, 0.717) is 5.92 Å². The number of benzene rings is 1. The second-order valence-electron chi connectivity index (χ2n) is 4.80. The van der Waals surface area contributed by atoms with E-state index in [0.717, 1.165) is 11.3 Å². The van der Waals surface area contributed by atoms with Crippen LogP contribution in [0.2, 0.25) is 0 Å². The van der Waals surface area contributed by atoms with Crippen LogP contribution in [0.15, 0.2) is 18.2 Å². The number of anilines is 2. The lowest BCUT2D eigenvalue weighted by atomic mass is 10.0. The van der Waals surface area contributed by atoms with Crippen molar-refractivity contribution in [3.05, 3.63) is 34.9 Å². The van der Waals surface area contributed by atoms with Crippen molar-refractivity contribution < 1.29 is 0 Å². The molecule has 0 aliphatic heterocycles. The SMILES string of the molecule is Cc1cc(C(C)C)ccc1-n1c(N)nc(=N)nc1N. The zero-order valence-corrected chi connectivity index (χ0v) is 11.3. The van der Waals surface area contributed by atoms with E-state index in [1.807, 2.05) is 19.1 Å². The van der Waals surface area contributed by atoms with Crippen LogP contribution in [0.1, 0.15) is 30.9 Å². The minimum atomic E-state index is -0.178. The van der Waals surface area contributed by atoms with Crippen LogP contribution in [0.3, 0.4) is 0 Å². The minimum Gasteiger partial charge on any atom is -0.369 e. The summed E-state index contributed by atoms with van der Waals surface area (Å²) in [4.78, 5) is 7.65. The predicted molar refractivity (Wildman–Crippen MR) is 74.9 cm³/mol. The Bertz CT molecular complexity index is 645. The zero-order chi connectivity index (χ0) is 14.2. The van der Waals surface area contributed by atoms with Crippen molar-refractivity contribution in [3.63, 3.8) is 0 Å². The van der Waals surface area contributed by atoms with Crippen LogP contribution in [-0.2, 0) is 0 Å². The first-order chi connectivity index (χ1) is 8.90. The summed E-state index contributed by atoms with van der Waals surface area (Å²) in [5, 5.41) is 7.38. The second kappa shape index (κ2) is 4.72. The summed E-state index contributed by atoms with van der Waals surface area (Å²) < 4.78 is 1.55. The number of aryl methyl sites for hydroxylation is 1. The molecule has 0 atom stereocenters. The number of rotatable bonds is 2. The highest BCUT2D eigenvalue weighted by atomic mass is 15.2. The van der Waals surface area contributed by atoms with Crippen molar-refractivity contribution in [1.82, 2.24) is 14.5 Å². The van der Waals surface area contributed by atoms with E-state index in [4.69, 9.17) is 16.9 Å². The van der Waals surface area contributed by atoms with E-state index in [1.54, 1.807) is 4.57 Å². The van der Waals surface area contributed by atoms with Gasteiger partial charge in [-0.1, -0.05) is 26.0 Å². The van der Waals surface area contributed by atoms with Gasteiger partial charge in [0.05, 0.1) is 5.69 Å². The van der Waals surface area contributed by atoms with E-state index in [2.05, 4.69) is 29.9 Å². The average Bonchev–Trinajstić information content (AvgIpc) is 2.29. The average molecular weight is 258 g/mol. The molecule has 6 nitrogen and oxygen atoms in total. The summed E-state index contributed by atoms with van der Waals surface area (Å²) in [5.74, 6) is 0.787. The molecular formula is C13H18N6. The smallest absolute Gasteiger partial charge is 0.248 e. The maximum atomic E-state index is 7.38. The van der Waals surface area contributed by atoms with E-state index in [-0.39, 0.29) is 17.5 Å². The predicted octanol–water partition coefficient (Wildman–Crippen LogP) is 1.34. The highest BCUT2D eigenvalue weighted by Gasteiger charge is 2.10. The van der Waals surface area contributed by atoms with Gasteiger partial charge in [0.25, 0.3) is 0 Å². The van der Waals surface area contributed by atoms with Gasteiger partial charge in [0.15, 0.2) is 0 Å². The summed E-state index contributed by atoms with van der Waals surface area (Å²) in [6.45, 7) is 6.27. The maximum absolute atomic E-state index is 7.38. The van der Waals surface area contributed by atoms with Crippen molar-refractivity contribution in [2.75, 3.05) is 11.5 Å². The highest BCUT2D eigenvalue weighted by molar-refractivity contribution is 5.51. The van der Waals surface area contributed by atoms with Crippen LogP contribution in [-0.4, -0.2) is 14.5 Å². The fraction of sp³-hybridized carbons (Fsp3) is 0.308. The Kier molecular flexibility index (Phi) is 3.25. The molecule has 2 aromatic rings. The minimum absolute atomic E-state index is 0.165. The van der Waals surface area contributed by atoms with Crippen molar-refractivity contribution in [2.45, 2.75) is 26.7 Å². The van der Waals surface area contributed by atoms with Crippen molar-refractivity contribution >= 4 is 11.9 Å². The number of nitrogens with two attached hydrogens (primary N) is 2. The summed E-state index contributed by atoms with van der Waals surface area (Å²) >= 11 is 0. The number of nitrogen functional groups attached to an aromatic ring is 2. The Balaban J connectivity index is 2.63. The molecule has 0 spiro atoms. The van der Waals surface area contributed by atoms with Gasteiger partial charge in [-0.2, -0.15) is 9.97 Å². The Labute approximate surface area is 111 Å². The third-order valence-electron chi connectivity index (χ3n) is 3.03. The Morgan fingerprint density at radius 1 is 1.16 bits per heavy atom. The van der Waals surface area contributed by atoms with Crippen molar-refractivity contribution in [2.24, 2.45) is 0 Å². The zero-order valence-electron chi connectivity index (χ0n) is 11.3. The Morgan fingerprint density at radius 3 is 2.21 bits per heavy atom. The number of hydrogen-bond donors (Lipinski definition) is 3. The summed E-state index contributed by atoms with van der Waals surface area (Å²) in [6, 6.07) is 6.08. The van der Waals surface area contributed by atoms with Crippen LogP contribution in [0, 0.1) is 12.3 Å². The molecule has 0 unspecified atom stereocenters. The fourth-order valence-electron chi connectivity index (χ4n) is 1.99. The highest BCUT2D eigenvalue weighted by Crippen LogP contribution is 2.23. The molecule has 1 aromatic carbocycles. The van der Waals surface area contributed by atoms with E-state index in [9.17, 15) is 0 Å². The van der Waals surface area contributed by atoms with Gasteiger partial charge in [-0.05, 0) is 30.0 Å². The first kappa shape index (κ1) is 13.1. The number of hydrogen-bond acceptors (Lipinski definition) is 5. The lowest BCUT2D eigenvalue weighted by Gasteiger charge is -2.16. The molecule has 1 heterocycles. The van der Waals surface area contributed by atoms with E-state index >= 15 is 0 Å². The second-order valence-corrected chi connectivity index (χ2v) is 4.80. The van der Waals surface area contributed by atoms with Crippen LogP contribution in [0.25, 0.3) is 5.69 Å². The molecule has 0 saturated carbocycles. The quantitative estimate of drug-likeness (QED) is 0.755. The van der Waals surface area contributed by atoms with Crippen LogP contribution in [0.4, 0.5) is 11.9 Å². The van der Waals surface area contributed by atoms with Gasteiger partial charge in [0, 0.05) is 0 Å². The van der Waals surface area contributed by atoms with Gasteiger partial charge < -0.3 is 11.5 Å². The van der Waals surface area contributed by atoms with E-state index in [1.165, 1.54) is 5.56 Å². The van der Waals surface area contributed by atoms with Crippen LogP contribution >= 0.6 is 0 Å². The molecule has 0 fully saturated rings. The molecule has 6 heteroatoms. The largest absolute Gasteiger partial charge is 0.369 e. The Hall–Kier alpha value is -2.37. The summed E-state index contributed by atoms with van der Waals surface area (Å²) in [7, 11) is 0. The Morgan fingerprint density at radius 2 is 1.74 bits per heavy atom. The topological polar surface area (TPSA) is 107 Å². The fourth-order valence-corrected chi connectivity index (χ4v) is 1.99. The van der Waals surface area contributed by atoms with Crippen molar-refractivity contribution in [1.29, 1.82) is 5.41 Å². The molecule has 0 saturated heterocycles.